The van der Waals surface area contributed by atoms with E-state index in [9.17, 15) is 18.0 Å². The molecule has 1 unspecified atom stereocenters. The lowest BCUT2D eigenvalue weighted by molar-refractivity contribution is -0.121. The second-order valence-electron chi connectivity index (χ2n) is 6.22. The van der Waals surface area contributed by atoms with Crippen LogP contribution in [0.3, 0.4) is 0 Å². The van der Waals surface area contributed by atoms with E-state index < -0.39 is 22.0 Å². The van der Waals surface area contributed by atoms with Gasteiger partial charge in [-0.25, -0.2) is 8.42 Å². The molecule has 1 fully saturated rings. The van der Waals surface area contributed by atoms with Crippen LogP contribution in [0.2, 0.25) is 0 Å². The average molecular weight is 610 g/mol. The van der Waals surface area contributed by atoms with E-state index in [1.165, 1.54) is 36.0 Å². The molecule has 1 atom stereocenters. The van der Waals surface area contributed by atoms with Crippen molar-refractivity contribution in [3.8, 4) is 0 Å². The van der Waals surface area contributed by atoms with Crippen molar-refractivity contribution in [2.75, 3.05) is 23.4 Å². The summed E-state index contributed by atoms with van der Waals surface area (Å²) < 4.78 is 28.8. The van der Waals surface area contributed by atoms with Gasteiger partial charge in [0, 0.05) is 37.3 Å². The van der Waals surface area contributed by atoms with Gasteiger partial charge in [0.15, 0.2) is 0 Å². The third kappa shape index (κ3) is 5.13. The number of anilines is 1. The molecular formula is C18H17BrIN3O4S2. The highest BCUT2D eigenvalue weighted by molar-refractivity contribution is 14.1. The quantitative estimate of drug-likeness (QED) is 0.507. The van der Waals surface area contributed by atoms with Crippen LogP contribution >= 0.6 is 50.3 Å². The number of hydrogen-bond donors (Lipinski definition) is 2. The average Bonchev–Trinajstić information content (AvgIpc) is 2.70. The number of carbonyl (C=O) groups excluding carboxylic acids is 2. The van der Waals surface area contributed by atoms with Crippen LogP contribution < -0.4 is 11.1 Å². The normalized spacial score (nSPS) is 17.7. The van der Waals surface area contributed by atoms with Crippen LogP contribution in [-0.2, 0) is 14.8 Å². The van der Waals surface area contributed by atoms with Crippen molar-refractivity contribution in [3.05, 3.63) is 56.1 Å². The van der Waals surface area contributed by atoms with Crippen LogP contribution in [0.5, 0.6) is 0 Å². The first-order chi connectivity index (χ1) is 13.7. The Kier molecular flexibility index (Phi) is 7.25. The van der Waals surface area contributed by atoms with Gasteiger partial charge in [-0.15, -0.1) is 0 Å². The minimum absolute atomic E-state index is 0.0480. The van der Waals surface area contributed by atoms with Gasteiger partial charge in [-0.3, -0.25) is 9.59 Å². The Labute approximate surface area is 195 Å². The number of primary amides is 1. The first-order valence-corrected chi connectivity index (χ1v) is 12.9. The van der Waals surface area contributed by atoms with Crippen molar-refractivity contribution in [2.45, 2.75) is 10.9 Å². The van der Waals surface area contributed by atoms with Gasteiger partial charge in [0.1, 0.15) is 6.04 Å². The van der Waals surface area contributed by atoms with Gasteiger partial charge in [0.2, 0.25) is 15.9 Å². The van der Waals surface area contributed by atoms with Crippen LogP contribution in [-0.4, -0.2) is 48.6 Å². The Morgan fingerprint density at radius 1 is 1.21 bits per heavy atom. The highest BCUT2D eigenvalue weighted by Gasteiger charge is 2.36. The zero-order valence-corrected chi connectivity index (χ0v) is 20.3. The first-order valence-electron chi connectivity index (χ1n) is 8.45. The third-order valence-corrected chi connectivity index (χ3v) is 9.58. The summed E-state index contributed by atoms with van der Waals surface area (Å²) in [7, 11) is -3.86. The van der Waals surface area contributed by atoms with Crippen LogP contribution in [0.15, 0.2) is 51.8 Å². The second-order valence-corrected chi connectivity index (χ2v) is 11.3. The summed E-state index contributed by atoms with van der Waals surface area (Å²) in [5, 5.41) is 2.75. The van der Waals surface area contributed by atoms with Crippen molar-refractivity contribution >= 4 is 77.8 Å². The molecule has 1 aliphatic rings. The molecule has 0 radical (unpaired) electrons. The number of carbonyl (C=O) groups is 2. The van der Waals surface area contributed by atoms with E-state index in [0.717, 1.165) is 12.3 Å². The first kappa shape index (κ1) is 22.5. The van der Waals surface area contributed by atoms with E-state index in [-0.39, 0.29) is 17.3 Å². The molecule has 0 saturated carbocycles. The lowest BCUT2D eigenvalue weighted by Gasteiger charge is -2.32. The maximum Gasteiger partial charge on any atom is 0.255 e. The van der Waals surface area contributed by atoms with Gasteiger partial charge in [-0.2, -0.15) is 16.1 Å². The monoisotopic (exact) mass is 609 g/mol. The Balaban J connectivity index is 1.77. The second kappa shape index (κ2) is 9.33. The SMILES string of the molecule is NC(=O)C1CSCCN1S(=O)(=O)c1ccc(NC(=O)c2ccc(Br)c(I)c2)cc1. The molecule has 2 aromatic rings. The molecule has 154 valence electrons. The van der Waals surface area contributed by atoms with E-state index in [4.69, 9.17) is 5.73 Å². The standard InChI is InChI=1S/C18H17BrIN3O4S2/c19-14-6-1-11(9-15(14)20)18(25)22-12-2-4-13(5-3-12)29(26,27)23-7-8-28-10-16(23)17(21)24/h1-6,9,16H,7-8,10H2,(H2,21,24)(H,22,25). The van der Waals surface area contributed by atoms with Crippen molar-refractivity contribution in [1.29, 1.82) is 0 Å². The molecule has 1 aliphatic heterocycles. The zero-order chi connectivity index (χ0) is 21.2. The highest BCUT2D eigenvalue weighted by atomic mass is 127. The molecular weight excluding hydrogens is 593 g/mol. The number of benzene rings is 2. The van der Waals surface area contributed by atoms with Crippen LogP contribution in [0.1, 0.15) is 10.4 Å². The van der Waals surface area contributed by atoms with E-state index in [1.54, 1.807) is 18.2 Å². The Bertz CT molecular complexity index is 1050. The van der Waals surface area contributed by atoms with Crippen molar-refractivity contribution in [2.24, 2.45) is 5.73 Å². The summed E-state index contributed by atoms with van der Waals surface area (Å²) in [6.07, 6.45) is 0. The summed E-state index contributed by atoms with van der Waals surface area (Å²) in [6.45, 7) is 0.224. The third-order valence-electron chi connectivity index (χ3n) is 4.31. The number of halogens is 2. The van der Waals surface area contributed by atoms with Crippen molar-refractivity contribution < 1.29 is 18.0 Å². The number of amides is 2. The smallest absolute Gasteiger partial charge is 0.255 e. The van der Waals surface area contributed by atoms with Gasteiger partial charge >= 0.3 is 0 Å². The fraction of sp³-hybridized carbons (Fsp3) is 0.222. The number of sulfonamides is 1. The summed E-state index contributed by atoms with van der Waals surface area (Å²) in [4.78, 5) is 24.1. The molecule has 7 nitrogen and oxygen atoms in total. The molecule has 1 heterocycles. The minimum atomic E-state index is -3.86. The van der Waals surface area contributed by atoms with Gasteiger partial charge < -0.3 is 11.1 Å². The van der Waals surface area contributed by atoms with Gasteiger partial charge in [0.25, 0.3) is 5.91 Å². The highest BCUT2D eigenvalue weighted by Crippen LogP contribution is 2.26. The number of nitrogens with one attached hydrogen (secondary N) is 1. The summed E-state index contributed by atoms with van der Waals surface area (Å²) >= 11 is 7.01. The molecule has 29 heavy (non-hydrogen) atoms. The Morgan fingerprint density at radius 2 is 1.90 bits per heavy atom. The fourth-order valence-electron chi connectivity index (χ4n) is 2.79. The van der Waals surface area contributed by atoms with E-state index in [0.29, 0.717) is 22.8 Å². The fourth-order valence-corrected chi connectivity index (χ4v) is 6.41. The molecule has 2 amide bonds. The summed E-state index contributed by atoms with van der Waals surface area (Å²) in [5.74, 6) is -0.0145. The predicted octanol–water partition coefficient (Wildman–Crippen LogP) is 2.90. The van der Waals surface area contributed by atoms with E-state index in [1.807, 2.05) is 0 Å². The van der Waals surface area contributed by atoms with Crippen molar-refractivity contribution in [1.82, 2.24) is 4.31 Å². The summed E-state index contributed by atoms with van der Waals surface area (Å²) in [5.41, 5.74) is 6.33. The predicted molar refractivity (Wildman–Crippen MR) is 125 cm³/mol. The molecule has 0 aliphatic carbocycles. The molecule has 0 spiro atoms. The van der Waals surface area contributed by atoms with Gasteiger partial charge in [-0.1, -0.05) is 0 Å². The van der Waals surface area contributed by atoms with Crippen molar-refractivity contribution in [3.63, 3.8) is 0 Å². The van der Waals surface area contributed by atoms with E-state index >= 15 is 0 Å². The van der Waals surface area contributed by atoms with Crippen LogP contribution in [0.25, 0.3) is 0 Å². The number of hydrogen-bond acceptors (Lipinski definition) is 5. The number of nitrogens with zero attached hydrogens (tertiary/aromatic N) is 1. The Morgan fingerprint density at radius 3 is 2.52 bits per heavy atom. The minimum Gasteiger partial charge on any atom is -0.368 e. The number of rotatable bonds is 5. The van der Waals surface area contributed by atoms with E-state index in [2.05, 4.69) is 43.8 Å². The molecule has 11 heteroatoms. The maximum atomic E-state index is 12.9. The topological polar surface area (TPSA) is 110 Å². The molecule has 0 aromatic heterocycles. The zero-order valence-electron chi connectivity index (χ0n) is 15.0. The largest absolute Gasteiger partial charge is 0.368 e. The summed E-state index contributed by atoms with van der Waals surface area (Å²) in [6, 6.07) is 10.2. The molecule has 0 bridgehead atoms. The van der Waals surface area contributed by atoms with Gasteiger partial charge in [-0.05, 0) is 81.0 Å². The van der Waals surface area contributed by atoms with Gasteiger partial charge in [0.05, 0.1) is 4.90 Å². The van der Waals surface area contributed by atoms with Crippen LogP contribution in [0, 0.1) is 3.57 Å². The van der Waals surface area contributed by atoms with Crippen LogP contribution in [0.4, 0.5) is 5.69 Å². The Hall–Kier alpha value is -1.15. The molecule has 1 saturated heterocycles. The maximum absolute atomic E-state index is 12.9. The molecule has 3 N–H and O–H groups in total. The number of thioether (sulfide) groups is 1. The lowest BCUT2D eigenvalue weighted by atomic mass is 10.2. The number of nitrogens with two attached hydrogens (primary N) is 1. The lowest BCUT2D eigenvalue weighted by Crippen LogP contribution is -2.52. The molecule has 2 aromatic carbocycles. The molecule has 3 rings (SSSR count).